The van der Waals surface area contributed by atoms with Crippen molar-refractivity contribution in [2.45, 2.75) is 26.8 Å². The van der Waals surface area contributed by atoms with Crippen molar-refractivity contribution in [3.8, 4) is 0 Å². The maximum atomic E-state index is 4.18. The first-order valence-electron chi connectivity index (χ1n) is 6.02. The van der Waals surface area contributed by atoms with Gasteiger partial charge < -0.3 is 5.32 Å². The topological polar surface area (TPSA) is 68.5 Å². The van der Waals surface area contributed by atoms with Crippen LogP contribution in [0.15, 0.2) is 12.3 Å². The average Bonchev–Trinajstić information content (AvgIpc) is 2.76. The van der Waals surface area contributed by atoms with Crippen molar-refractivity contribution in [3.05, 3.63) is 34.9 Å². The number of aryl methyl sites for hydroxylation is 3. The van der Waals surface area contributed by atoms with E-state index in [1.54, 1.807) is 10.9 Å². The zero-order valence-corrected chi connectivity index (χ0v) is 11.2. The molecule has 0 amide bonds. The number of rotatable bonds is 4. The maximum absolute atomic E-state index is 4.18. The lowest BCUT2D eigenvalue weighted by Crippen LogP contribution is -2.25. The Morgan fingerprint density at radius 1 is 1.33 bits per heavy atom. The van der Waals surface area contributed by atoms with Crippen molar-refractivity contribution in [2.75, 3.05) is 6.54 Å². The number of nitrogens with zero attached hydrogens (tertiary/aromatic N) is 5. The van der Waals surface area contributed by atoms with E-state index in [9.17, 15) is 0 Å². The molecule has 6 nitrogen and oxygen atoms in total. The summed E-state index contributed by atoms with van der Waals surface area (Å²) in [6.07, 6.45) is 1.78. The Hall–Kier alpha value is -1.82. The van der Waals surface area contributed by atoms with Crippen LogP contribution in [0, 0.1) is 13.8 Å². The summed E-state index contributed by atoms with van der Waals surface area (Å²) < 4.78 is 1.78. The molecule has 0 aliphatic heterocycles. The number of aromatic nitrogens is 5. The predicted molar refractivity (Wildman–Crippen MR) is 68.0 cm³/mol. The first-order chi connectivity index (χ1) is 8.63. The summed E-state index contributed by atoms with van der Waals surface area (Å²) in [5, 5.41) is 19.6. The number of hydrogen-bond donors (Lipinski definition) is 1. The first kappa shape index (κ1) is 12.6. The van der Waals surface area contributed by atoms with Gasteiger partial charge in [0.2, 0.25) is 0 Å². The van der Waals surface area contributed by atoms with Crippen LogP contribution in [0.25, 0.3) is 0 Å². The molecule has 0 saturated carbocycles. The second kappa shape index (κ2) is 5.22. The summed E-state index contributed by atoms with van der Waals surface area (Å²) in [7, 11) is 1.89. The van der Waals surface area contributed by atoms with Crippen molar-refractivity contribution >= 4 is 0 Å². The van der Waals surface area contributed by atoms with Crippen LogP contribution in [0.5, 0.6) is 0 Å². The Morgan fingerprint density at radius 2 is 2.11 bits per heavy atom. The van der Waals surface area contributed by atoms with Crippen molar-refractivity contribution in [1.82, 2.24) is 30.5 Å². The van der Waals surface area contributed by atoms with Gasteiger partial charge in [-0.2, -0.15) is 10.2 Å². The van der Waals surface area contributed by atoms with Crippen LogP contribution in [0.2, 0.25) is 0 Å². The molecule has 2 aromatic rings. The fourth-order valence-corrected chi connectivity index (χ4v) is 2.00. The van der Waals surface area contributed by atoms with E-state index in [0.717, 1.165) is 29.2 Å². The zero-order valence-electron chi connectivity index (χ0n) is 11.2. The molecule has 0 aromatic carbocycles. The normalized spacial score (nSPS) is 12.7. The van der Waals surface area contributed by atoms with E-state index in [4.69, 9.17) is 0 Å². The van der Waals surface area contributed by atoms with Gasteiger partial charge in [-0.3, -0.25) is 4.68 Å². The monoisotopic (exact) mass is 246 g/mol. The predicted octanol–water partition coefficient (Wildman–Crippen LogP) is 0.921. The van der Waals surface area contributed by atoms with E-state index in [-0.39, 0.29) is 6.04 Å². The highest BCUT2D eigenvalue weighted by atomic mass is 15.4. The van der Waals surface area contributed by atoms with E-state index in [0.29, 0.717) is 0 Å². The summed E-state index contributed by atoms with van der Waals surface area (Å²) in [5.74, 6) is 0. The van der Waals surface area contributed by atoms with Crippen LogP contribution in [-0.2, 0) is 7.05 Å². The Bertz CT molecular complexity index is 533. The largest absolute Gasteiger partial charge is 0.305 e. The van der Waals surface area contributed by atoms with E-state index < -0.39 is 0 Å². The Labute approximate surface area is 106 Å². The van der Waals surface area contributed by atoms with Gasteiger partial charge in [-0.1, -0.05) is 12.1 Å². The highest BCUT2D eigenvalue weighted by molar-refractivity contribution is 5.30. The van der Waals surface area contributed by atoms with Crippen LogP contribution in [0.1, 0.15) is 35.6 Å². The fraction of sp³-hybridized carbons (Fsp3) is 0.500. The molecule has 2 aromatic heterocycles. The molecular weight excluding hydrogens is 228 g/mol. The summed E-state index contributed by atoms with van der Waals surface area (Å²) in [5.41, 5.74) is 3.98. The summed E-state index contributed by atoms with van der Waals surface area (Å²) in [6.45, 7) is 6.85. The molecule has 0 saturated heterocycles. The second-order valence-corrected chi connectivity index (χ2v) is 4.30. The quantitative estimate of drug-likeness (QED) is 0.868. The average molecular weight is 246 g/mol. The van der Waals surface area contributed by atoms with Crippen LogP contribution >= 0.6 is 0 Å². The molecule has 2 rings (SSSR count). The molecule has 18 heavy (non-hydrogen) atoms. The molecule has 0 radical (unpaired) electrons. The molecule has 2 heterocycles. The third-order valence-corrected chi connectivity index (χ3v) is 2.90. The van der Waals surface area contributed by atoms with Gasteiger partial charge in [0.15, 0.2) is 0 Å². The lowest BCUT2D eigenvalue weighted by atomic mass is 10.0. The van der Waals surface area contributed by atoms with Gasteiger partial charge in [-0.25, -0.2) is 0 Å². The van der Waals surface area contributed by atoms with Gasteiger partial charge in [0, 0.05) is 12.6 Å². The molecule has 0 fully saturated rings. The minimum Gasteiger partial charge on any atom is -0.305 e. The highest BCUT2D eigenvalue weighted by Crippen LogP contribution is 2.22. The molecule has 0 bridgehead atoms. The van der Waals surface area contributed by atoms with Crippen molar-refractivity contribution < 1.29 is 0 Å². The van der Waals surface area contributed by atoms with Crippen molar-refractivity contribution in [1.29, 1.82) is 0 Å². The van der Waals surface area contributed by atoms with Crippen LogP contribution in [0.4, 0.5) is 0 Å². The summed E-state index contributed by atoms with van der Waals surface area (Å²) in [4.78, 5) is 0. The third kappa shape index (κ3) is 2.38. The standard InChI is InChI=1S/C12H18N6/c1-5-13-12(11-7-14-17-18(11)4)10-6-8(2)15-16-9(10)3/h6-7,12-13H,5H2,1-4H3. The van der Waals surface area contributed by atoms with Gasteiger partial charge in [0.25, 0.3) is 0 Å². The zero-order chi connectivity index (χ0) is 13.1. The molecule has 1 unspecified atom stereocenters. The molecule has 0 spiro atoms. The second-order valence-electron chi connectivity index (χ2n) is 4.30. The molecule has 0 aliphatic rings. The summed E-state index contributed by atoms with van der Waals surface area (Å²) in [6, 6.07) is 2.10. The smallest absolute Gasteiger partial charge is 0.0799 e. The Kier molecular flexibility index (Phi) is 3.66. The van der Waals surface area contributed by atoms with Crippen LogP contribution in [0.3, 0.4) is 0 Å². The van der Waals surface area contributed by atoms with E-state index in [2.05, 4.69) is 38.8 Å². The fourth-order valence-electron chi connectivity index (χ4n) is 2.00. The van der Waals surface area contributed by atoms with E-state index in [1.807, 2.05) is 20.9 Å². The van der Waals surface area contributed by atoms with Crippen LogP contribution in [-0.4, -0.2) is 31.7 Å². The lowest BCUT2D eigenvalue weighted by molar-refractivity contribution is 0.562. The van der Waals surface area contributed by atoms with Gasteiger partial charge in [0.1, 0.15) is 0 Å². The first-order valence-corrected chi connectivity index (χ1v) is 6.02. The molecule has 1 N–H and O–H groups in total. The number of nitrogens with one attached hydrogen (secondary N) is 1. The highest BCUT2D eigenvalue weighted by Gasteiger charge is 2.20. The SMILES string of the molecule is CCNC(c1cc(C)nnc1C)c1cnnn1C. The van der Waals surface area contributed by atoms with Crippen LogP contribution < -0.4 is 5.32 Å². The third-order valence-electron chi connectivity index (χ3n) is 2.90. The molecule has 6 heteroatoms. The lowest BCUT2D eigenvalue weighted by Gasteiger charge is -2.19. The van der Waals surface area contributed by atoms with Gasteiger partial charge in [-0.15, -0.1) is 5.10 Å². The number of hydrogen-bond acceptors (Lipinski definition) is 5. The minimum absolute atomic E-state index is 0.0456. The van der Waals surface area contributed by atoms with E-state index in [1.165, 1.54) is 0 Å². The molecule has 0 aliphatic carbocycles. The maximum Gasteiger partial charge on any atom is 0.0799 e. The Morgan fingerprint density at radius 3 is 2.72 bits per heavy atom. The minimum atomic E-state index is 0.0456. The molecule has 1 atom stereocenters. The molecule has 96 valence electrons. The molecular formula is C12H18N6. The Balaban J connectivity index is 2.48. The van der Waals surface area contributed by atoms with Crippen molar-refractivity contribution in [2.24, 2.45) is 7.05 Å². The van der Waals surface area contributed by atoms with Gasteiger partial charge in [-0.05, 0) is 26.5 Å². The van der Waals surface area contributed by atoms with Gasteiger partial charge >= 0.3 is 0 Å². The summed E-state index contributed by atoms with van der Waals surface area (Å²) >= 11 is 0. The van der Waals surface area contributed by atoms with E-state index >= 15 is 0 Å². The van der Waals surface area contributed by atoms with Gasteiger partial charge in [0.05, 0.1) is 29.3 Å². The van der Waals surface area contributed by atoms with Crippen molar-refractivity contribution in [3.63, 3.8) is 0 Å².